The topological polar surface area (TPSA) is 34.1 Å². The van der Waals surface area contributed by atoms with Crippen molar-refractivity contribution < 1.29 is 22.8 Å². The van der Waals surface area contributed by atoms with Crippen molar-refractivity contribution >= 4 is 23.7 Å². The molecule has 0 bridgehead atoms. The second-order valence-electron chi connectivity index (χ2n) is 3.09. The fourth-order valence-electron chi connectivity index (χ4n) is 1.21. The Hall–Kier alpha value is -1.36. The highest BCUT2D eigenvalue weighted by Gasteiger charge is 2.35. The number of Topliss-reactive ketones (excluding diaryl/α,β-unsaturated/α-hetero) is 1. The zero-order valence-electron chi connectivity index (χ0n) is 8.06. The molecule has 1 aromatic rings. The Balaban J connectivity index is 3.55. The summed E-state index contributed by atoms with van der Waals surface area (Å²) in [5.41, 5.74) is -1.98. The summed E-state index contributed by atoms with van der Waals surface area (Å²) in [5.74, 6) is -0.758. The Morgan fingerprint density at radius 2 is 1.94 bits per heavy atom. The molecule has 0 saturated carbocycles. The van der Waals surface area contributed by atoms with E-state index in [-0.39, 0.29) is 16.9 Å². The summed E-state index contributed by atoms with van der Waals surface area (Å²) in [6.07, 6.45) is -4.48. The minimum Gasteiger partial charge on any atom is -0.298 e. The summed E-state index contributed by atoms with van der Waals surface area (Å²) in [6, 6.07) is 1.43. The fraction of sp³-hybridized carbons (Fsp3) is 0.200. The zero-order chi connectivity index (χ0) is 12.5. The highest BCUT2D eigenvalue weighted by Crippen LogP contribution is 2.34. The Labute approximate surface area is 94.0 Å². The highest BCUT2D eigenvalue weighted by molar-refractivity contribution is 6.33. The number of benzene rings is 1. The van der Waals surface area contributed by atoms with Crippen LogP contribution in [0.5, 0.6) is 0 Å². The largest absolute Gasteiger partial charge is 0.417 e. The molecule has 2 nitrogen and oxygen atoms in total. The number of aldehydes is 1. The van der Waals surface area contributed by atoms with Crippen molar-refractivity contribution in [3.63, 3.8) is 0 Å². The van der Waals surface area contributed by atoms with Crippen molar-refractivity contribution in [1.82, 2.24) is 0 Å². The Morgan fingerprint density at radius 1 is 1.38 bits per heavy atom. The summed E-state index contributed by atoms with van der Waals surface area (Å²) >= 11 is 5.54. The van der Waals surface area contributed by atoms with Crippen LogP contribution in [0.1, 0.15) is 33.2 Å². The van der Waals surface area contributed by atoms with Gasteiger partial charge in [0.05, 0.1) is 10.6 Å². The molecule has 0 spiro atoms. The first kappa shape index (κ1) is 12.7. The maximum absolute atomic E-state index is 12.5. The Morgan fingerprint density at radius 3 is 2.31 bits per heavy atom. The normalized spacial score (nSPS) is 11.3. The minimum atomic E-state index is -4.69. The van der Waals surface area contributed by atoms with Crippen LogP contribution in [-0.2, 0) is 6.18 Å². The van der Waals surface area contributed by atoms with Crippen LogP contribution in [0.4, 0.5) is 13.2 Å². The first-order valence-electron chi connectivity index (χ1n) is 4.14. The summed E-state index contributed by atoms with van der Waals surface area (Å²) in [6.45, 7) is 1.00. The maximum Gasteiger partial charge on any atom is 0.417 e. The van der Waals surface area contributed by atoms with E-state index in [0.717, 1.165) is 13.0 Å². The van der Waals surface area contributed by atoms with Crippen molar-refractivity contribution in [3.05, 3.63) is 33.8 Å². The molecule has 1 aromatic carbocycles. The predicted molar refractivity (Wildman–Crippen MR) is 51.8 cm³/mol. The lowest BCUT2D eigenvalue weighted by Gasteiger charge is -2.12. The van der Waals surface area contributed by atoms with Gasteiger partial charge >= 0.3 is 6.18 Å². The van der Waals surface area contributed by atoms with Gasteiger partial charge in [-0.25, -0.2) is 0 Å². The van der Waals surface area contributed by atoms with Gasteiger partial charge in [0.25, 0.3) is 0 Å². The van der Waals surface area contributed by atoms with Crippen LogP contribution in [0.25, 0.3) is 0 Å². The third kappa shape index (κ3) is 2.41. The molecule has 0 fully saturated rings. The lowest BCUT2D eigenvalue weighted by Crippen LogP contribution is -2.12. The Kier molecular flexibility index (Phi) is 3.38. The van der Waals surface area contributed by atoms with Gasteiger partial charge in [-0.2, -0.15) is 13.2 Å². The first-order chi connectivity index (χ1) is 7.27. The molecule has 0 aliphatic carbocycles. The summed E-state index contributed by atoms with van der Waals surface area (Å²) in [4.78, 5) is 21.5. The monoisotopic (exact) mass is 250 g/mol. The van der Waals surface area contributed by atoms with Crippen molar-refractivity contribution in [2.24, 2.45) is 0 Å². The fourth-order valence-corrected chi connectivity index (χ4v) is 1.41. The molecule has 0 atom stereocenters. The second kappa shape index (κ2) is 4.25. The van der Waals surface area contributed by atoms with E-state index >= 15 is 0 Å². The van der Waals surface area contributed by atoms with E-state index in [4.69, 9.17) is 11.6 Å². The summed E-state index contributed by atoms with van der Waals surface area (Å²) in [5, 5.41) is -0.173. The molecule has 16 heavy (non-hydrogen) atoms. The van der Waals surface area contributed by atoms with Crippen molar-refractivity contribution in [2.45, 2.75) is 13.1 Å². The van der Waals surface area contributed by atoms with Crippen LogP contribution in [0.15, 0.2) is 12.1 Å². The number of halogens is 4. The highest BCUT2D eigenvalue weighted by atomic mass is 35.5. The summed E-state index contributed by atoms with van der Waals surface area (Å²) < 4.78 is 37.6. The quantitative estimate of drug-likeness (QED) is 0.596. The molecule has 0 radical (unpaired) electrons. The number of carbonyl (C=O) groups is 2. The molecule has 0 amide bonds. The van der Waals surface area contributed by atoms with Crippen LogP contribution in [-0.4, -0.2) is 12.1 Å². The van der Waals surface area contributed by atoms with Crippen LogP contribution in [0.2, 0.25) is 5.02 Å². The van der Waals surface area contributed by atoms with Gasteiger partial charge in [-0.05, 0) is 19.1 Å². The van der Waals surface area contributed by atoms with E-state index in [2.05, 4.69) is 0 Å². The van der Waals surface area contributed by atoms with Crippen molar-refractivity contribution in [2.75, 3.05) is 0 Å². The number of rotatable bonds is 2. The van der Waals surface area contributed by atoms with Gasteiger partial charge in [0, 0.05) is 11.1 Å². The van der Waals surface area contributed by atoms with Gasteiger partial charge in [-0.15, -0.1) is 0 Å². The average molecular weight is 251 g/mol. The molecule has 0 heterocycles. The van der Waals surface area contributed by atoms with Crippen LogP contribution in [0, 0.1) is 0 Å². The number of alkyl halides is 3. The van der Waals surface area contributed by atoms with E-state index < -0.39 is 23.1 Å². The number of hydrogen-bond acceptors (Lipinski definition) is 2. The van der Waals surface area contributed by atoms with E-state index in [1.54, 1.807) is 0 Å². The second-order valence-corrected chi connectivity index (χ2v) is 3.50. The predicted octanol–water partition coefficient (Wildman–Crippen LogP) is 3.37. The number of hydrogen-bond donors (Lipinski definition) is 0. The molecule has 6 heteroatoms. The average Bonchev–Trinajstić information content (AvgIpc) is 2.15. The van der Waals surface area contributed by atoms with Gasteiger partial charge in [-0.3, -0.25) is 9.59 Å². The van der Waals surface area contributed by atoms with Crippen LogP contribution in [0.3, 0.4) is 0 Å². The van der Waals surface area contributed by atoms with Crippen molar-refractivity contribution in [1.29, 1.82) is 0 Å². The molecule has 0 unspecified atom stereocenters. The molecule has 0 saturated heterocycles. The lowest BCUT2D eigenvalue weighted by atomic mass is 10.0. The molecular weight excluding hydrogens is 245 g/mol. The molecule has 86 valence electrons. The van der Waals surface area contributed by atoms with Gasteiger partial charge in [0.1, 0.15) is 0 Å². The van der Waals surface area contributed by atoms with E-state index in [1.165, 1.54) is 0 Å². The van der Waals surface area contributed by atoms with E-state index in [1.807, 2.05) is 0 Å². The standard InChI is InChI=1S/C10H6ClF3O2/c1-5(16)7-3-9(11)6(4-15)2-8(7)10(12,13)14/h2-4H,1H3. The summed E-state index contributed by atoms with van der Waals surface area (Å²) in [7, 11) is 0. The number of carbonyl (C=O) groups excluding carboxylic acids is 2. The smallest absolute Gasteiger partial charge is 0.298 e. The van der Waals surface area contributed by atoms with Gasteiger partial charge < -0.3 is 0 Å². The maximum atomic E-state index is 12.5. The SMILES string of the molecule is CC(=O)c1cc(Cl)c(C=O)cc1C(F)(F)F. The van der Waals surface area contributed by atoms with E-state index in [0.29, 0.717) is 6.07 Å². The molecule has 0 aliphatic rings. The third-order valence-corrected chi connectivity index (χ3v) is 2.28. The lowest BCUT2D eigenvalue weighted by molar-refractivity contribution is -0.137. The van der Waals surface area contributed by atoms with Crippen molar-refractivity contribution in [3.8, 4) is 0 Å². The van der Waals surface area contributed by atoms with Crippen LogP contribution >= 0.6 is 11.6 Å². The minimum absolute atomic E-state index is 0.173. The third-order valence-electron chi connectivity index (χ3n) is 1.95. The van der Waals surface area contributed by atoms with Gasteiger partial charge in [0.2, 0.25) is 0 Å². The molecule has 0 N–H and O–H groups in total. The number of ketones is 1. The van der Waals surface area contributed by atoms with Gasteiger partial charge in [-0.1, -0.05) is 11.6 Å². The first-order valence-corrected chi connectivity index (χ1v) is 4.52. The Bertz CT molecular complexity index is 452. The molecule has 1 rings (SSSR count). The van der Waals surface area contributed by atoms with E-state index in [9.17, 15) is 22.8 Å². The molecule has 0 aliphatic heterocycles. The molecule has 0 aromatic heterocycles. The zero-order valence-corrected chi connectivity index (χ0v) is 8.82. The van der Waals surface area contributed by atoms with Crippen LogP contribution < -0.4 is 0 Å². The molecular formula is C10H6ClF3O2. The van der Waals surface area contributed by atoms with Gasteiger partial charge in [0.15, 0.2) is 12.1 Å².